The molecule has 0 radical (unpaired) electrons. The van der Waals surface area contributed by atoms with Gasteiger partial charge in [-0.25, -0.2) is 4.79 Å². The number of carboxylic acids is 1. The Labute approximate surface area is 126 Å². The highest BCUT2D eigenvalue weighted by Gasteiger charge is 2.33. The largest absolute Gasteiger partial charge is 0.481 e. The van der Waals surface area contributed by atoms with Crippen LogP contribution >= 0.6 is 0 Å². The van der Waals surface area contributed by atoms with Crippen LogP contribution in [0.5, 0.6) is 0 Å². The average Bonchev–Trinajstić information content (AvgIpc) is 2.51. The number of rotatable bonds is 4. The van der Waals surface area contributed by atoms with Crippen molar-refractivity contribution in [2.75, 3.05) is 39.3 Å². The van der Waals surface area contributed by atoms with Crippen molar-refractivity contribution in [1.29, 1.82) is 0 Å². The summed E-state index contributed by atoms with van der Waals surface area (Å²) in [5.74, 6) is -1.37. The number of piperazine rings is 1. The summed E-state index contributed by atoms with van der Waals surface area (Å²) < 4.78 is 0. The minimum absolute atomic E-state index is 0.00387. The zero-order chi connectivity index (χ0) is 15.4. The van der Waals surface area contributed by atoms with Gasteiger partial charge < -0.3 is 14.9 Å². The van der Waals surface area contributed by atoms with Crippen molar-refractivity contribution in [3.63, 3.8) is 0 Å². The predicted molar refractivity (Wildman–Crippen MR) is 80.2 cm³/mol. The van der Waals surface area contributed by atoms with Crippen molar-refractivity contribution in [3.05, 3.63) is 0 Å². The molecule has 2 heterocycles. The third-order valence-corrected chi connectivity index (χ3v) is 4.68. The van der Waals surface area contributed by atoms with Gasteiger partial charge in [0.2, 0.25) is 0 Å². The molecular weight excluding hydrogens is 270 g/mol. The van der Waals surface area contributed by atoms with E-state index in [2.05, 4.69) is 4.90 Å². The molecule has 2 fully saturated rings. The molecule has 0 bridgehead atoms. The summed E-state index contributed by atoms with van der Waals surface area (Å²) in [6, 6.07) is 0.489. The second-order valence-corrected chi connectivity index (χ2v) is 6.19. The summed E-state index contributed by atoms with van der Waals surface area (Å²) in [7, 11) is 0. The molecule has 6 heteroatoms. The van der Waals surface area contributed by atoms with Crippen LogP contribution in [0.3, 0.4) is 0 Å². The molecule has 2 saturated heterocycles. The molecule has 6 nitrogen and oxygen atoms in total. The van der Waals surface area contributed by atoms with E-state index >= 15 is 0 Å². The molecule has 21 heavy (non-hydrogen) atoms. The predicted octanol–water partition coefficient (Wildman–Crippen LogP) is 1.32. The zero-order valence-corrected chi connectivity index (χ0v) is 13.1. The molecule has 0 aliphatic carbocycles. The fourth-order valence-corrected chi connectivity index (χ4v) is 3.28. The molecule has 0 aromatic rings. The van der Waals surface area contributed by atoms with Crippen LogP contribution in [0.1, 0.15) is 33.1 Å². The van der Waals surface area contributed by atoms with E-state index in [1.165, 1.54) is 19.3 Å². The smallest absolute Gasteiger partial charge is 0.320 e. The number of carboxylic acid groups (broad SMARTS) is 1. The molecule has 2 aliphatic heterocycles. The van der Waals surface area contributed by atoms with Crippen LogP contribution in [0.2, 0.25) is 0 Å². The first-order chi connectivity index (χ1) is 10.0. The highest BCUT2D eigenvalue weighted by atomic mass is 16.4. The molecule has 2 rings (SSSR count). The maximum absolute atomic E-state index is 12.6. The number of carbonyl (C=O) groups excluding carboxylic acids is 1. The Morgan fingerprint density at radius 2 is 2.05 bits per heavy atom. The molecule has 2 amide bonds. The normalized spacial score (nSPS) is 24.3. The maximum Gasteiger partial charge on any atom is 0.320 e. The minimum atomic E-state index is -0.849. The number of hydrogen-bond donors (Lipinski definition) is 1. The molecule has 2 atom stereocenters. The van der Waals surface area contributed by atoms with Gasteiger partial charge in [0.1, 0.15) is 0 Å². The lowest BCUT2D eigenvalue weighted by atomic mass is 10.00. The van der Waals surface area contributed by atoms with E-state index < -0.39 is 11.9 Å². The number of piperidine rings is 1. The fourth-order valence-electron chi connectivity index (χ4n) is 3.28. The van der Waals surface area contributed by atoms with Crippen LogP contribution in [-0.2, 0) is 4.79 Å². The summed E-state index contributed by atoms with van der Waals surface area (Å²) in [6.07, 6.45) is 3.68. The Hall–Kier alpha value is -1.30. The zero-order valence-electron chi connectivity index (χ0n) is 13.1. The molecule has 0 aromatic heterocycles. The Kier molecular flexibility index (Phi) is 5.45. The monoisotopic (exact) mass is 297 g/mol. The first-order valence-electron chi connectivity index (χ1n) is 8.03. The number of nitrogens with zero attached hydrogens (tertiary/aromatic N) is 3. The highest BCUT2D eigenvalue weighted by molar-refractivity contribution is 5.76. The van der Waals surface area contributed by atoms with Crippen molar-refractivity contribution in [1.82, 2.24) is 14.7 Å². The second-order valence-electron chi connectivity index (χ2n) is 6.19. The lowest BCUT2D eigenvalue weighted by molar-refractivity contribution is -0.141. The Bertz CT molecular complexity index is 388. The van der Waals surface area contributed by atoms with E-state index in [-0.39, 0.29) is 12.6 Å². The average molecular weight is 297 g/mol. The van der Waals surface area contributed by atoms with Crippen molar-refractivity contribution in [2.45, 2.75) is 39.2 Å². The molecule has 120 valence electrons. The lowest BCUT2D eigenvalue weighted by Crippen LogP contribution is -2.58. The van der Waals surface area contributed by atoms with Gasteiger partial charge in [0, 0.05) is 38.8 Å². The number of fused-ring (bicyclic) bond motifs is 1. The van der Waals surface area contributed by atoms with Gasteiger partial charge in [-0.15, -0.1) is 0 Å². The van der Waals surface area contributed by atoms with Crippen molar-refractivity contribution >= 4 is 12.0 Å². The summed E-state index contributed by atoms with van der Waals surface area (Å²) in [5, 5.41) is 9.01. The quantitative estimate of drug-likeness (QED) is 0.850. The summed E-state index contributed by atoms with van der Waals surface area (Å²) in [6.45, 7) is 8.05. The van der Waals surface area contributed by atoms with E-state index in [4.69, 9.17) is 5.11 Å². The maximum atomic E-state index is 12.6. The molecule has 2 aliphatic rings. The van der Waals surface area contributed by atoms with Crippen LogP contribution in [0.25, 0.3) is 0 Å². The van der Waals surface area contributed by atoms with Gasteiger partial charge >= 0.3 is 12.0 Å². The van der Waals surface area contributed by atoms with Crippen LogP contribution < -0.4 is 0 Å². The number of carbonyl (C=O) groups is 2. The molecule has 2 unspecified atom stereocenters. The van der Waals surface area contributed by atoms with E-state index in [1.807, 2.05) is 11.8 Å². The van der Waals surface area contributed by atoms with Crippen LogP contribution in [0.4, 0.5) is 4.79 Å². The second kappa shape index (κ2) is 7.11. The standard InChI is InChI=1S/C15H27N3O3/c1-3-16(10-12(2)14(19)20)15(21)18-9-8-17-7-5-4-6-13(17)11-18/h12-13H,3-11H2,1-2H3,(H,19,20). The number of amides is 2. The Morgan fingerprint density at radius 3 is 2.71 bits per heavy atom. The highest BCUT2D eigenvalue weighted by Crippen LogP contribution is 2.21. The van der Waals surface area contributed by atoms with Gasteiger partial charge in [0.15, 0.2) is 0 Å². The van der Waals surface area contributed by atoms with Crippen LogP contribution in [0.15, 0.2) is 0 Å². The molecule has 0 aromatic carbocycles. The van der Waals surface area contributed by atoms with Crippen molar-refractivity contribution in [2.24, 2.45) is 5.92 Å². The first kappa shape index (κ1) is 16.1. The molecule has 0 saturated carbocycles. The number of hydrogen-bond acceptors (Lipinski definition) is 3. The summed E-state index contributed by atoms with van der Waals surface area (Å²) >= 11 is 0. The summed E-state index contributed by atoms with van der Waals surface area (Å²) in [5.41, 5.74) is 0. The number of urea groups is 1. The van der Waals surface area contributed by atoms with Gasteiger partial charge in [-0.05, 0) is 26.3 Å². The van der Waals surface area contributed by atoms with Gasteiger partial charge in [-0.2, -0.15) is 0 Å². The lowest BCUT2D eigenvalue weighted by Gasteiger charge is -2.45. The SMILES string of the molecule is CCN(CC(C)C(=O)O)C(=O)N1CCN2CCCCC2C1. The van der Waals surface area contributed by atoms with Crippen molar-refractivity contribution in [3.8, 4) is 0 Å². The Morgan fingerprint density at radius 1 is 1.29 bits per heavy atom. The van der Waals surface area contributed by atoms with Gasteiger partial charge in [-0.1, -0.05) is 13.3 Å². The fraction of sp³-hybridized carbons (Fsp3) is 0.867. The molecule has 0 spiro atoms. The first-order valence-corrected chi connectivity index (χ1v) is 8.03. The minimum Gasteiger partial charge on any atom is -0.481 e. The van der Waals surface area contributed by atoms with E-state index in [9.17, 15) is 9.59 Å². The van der Waals surface area contributed by atoms with Gasteiger partial charge in [0.05, 0.1) is 5.92 Å². The molecular formula is C15H27N3O3. The van der Waals surface area contributed by atoms with E-state index in [0.29, 0.717) is 12.6 Å². The van der Waals surface area contributed by atoms with Crippen LogP contribution in [-0.4, -0.2) is 77.1 Å². The topological polar surface area (TPSA) is 64.1 Å². The van der Waals surface area contributed by atoms with Crippen molar-refractivity contribution < 1.29 is 14.7 Å². The number of aliphatic carboxylic acids is 1. The third-order valence-electron chi connectivity index (χ3n) is 4.68. The van der Waals surface area contributed by atoms with E-state index in [0.717, 1.165) is 26.2 Å². The van der Waals surface area contributed by atoms with E-state index in [1.54, 1.807) is 11.8 Å². The summed E-state index contributed by atoms with van der Waals surface area (Å²) in [4.78, 5) is 29.6. The van der Waals surface area contributed by atoms with Crippen LogP contribution in [0, 0.1) is 5.92 Å². The van der Waals surface area contributed by atoms with Gasteiger partial charge in [-0.3, -0.25) is 9.69 Å². The van der Waals surface area contributed by atoms with Gasteiger partial charge in [0.25, 0.3) is 0 Å². The molecule has 1 N–H and O–H groups in total. The third kappa shape index (κ3) is 3.87. The Balaban J connectivity index is 1.93.